The van der Waals surface area contributed by atoms with E-state index in [-0.39, 0.29) is 29.5 Å². The summed E-state index contributed by atoms with van der Waals surface area (Å²) in [5, 5.41) is 2.92. The summed E-state index contributed by atoms with van der Waals surface area (Å²) in [6.07, 6.45) is 1.72. The predicted molar refractivity (Wildman–Crippen MR) is 110 cm³/mol. The Labute approximate surface area is 173 Å². The highest BCUT2D eigenvalue weighted by molar-refractivity contribution is 7.89. The highest BCUT2D eigenvalue weighted by atomic mass is 32.2. The molecule has 30 heavy (non-hydrogen) atoms. The van der Waals surface area contributed by atoms with Crippen molar-refractivity contribution in [3.8, 4) is 11.3 Å². The zero-order chi connectivity index (χ0) is 21.3. The van der Waals surface area contributed by atoms with Crippen LogP contribution in [0, 0.1) is 0 Å². The van der Waals surface area contributed by atoms with E-state index in [9.17, 15) is 17.6 Å². The minimum absolute atomic E-state index is 0.0756. The summed E-state index contributed by atoms with van der Waals surface area (Å²) in [5.74, 6) is 0.168. The molecule has 0 saturated carbocycles. The zero-order valence-corrected chi connectivity index (χ0v) is 17.0. The molecular formula is C20H20FN5O3S. The molecule has 156 valence electrons. The van der Waals surface area contributed by atoms with Crippen molar-refractivity contribution in [1.29, 1.82) is 0 Å². The predicted octanol–water partition coefficient (Wildman–Crippen LogP) is 1.67. The third kappa shape index (κ3) is 3.83. The highest BCUT2D eigenvalue weighted by Gasteiger charge is 2.40. The molecule has 1 aromatic carbocycles. The van der Waals surface area contributed by atoms with Gasteiger partial charge in [-0.3, -0.25) is 14.3 Å². The molecule has 2 atom stereocenters. The SMILES string of the molecule is Cn1c(N[C@H]2CN(S(=O)(=O)c3ccccc3)C[C@H]2F)nc(-c2ccncc2)cc1=O. The van der Waals surface area contributed by atoms with Crippen LogP contribution in [0.5, 0.6) is 0 Å². The number of hydrogen-bond acceptors (Lipinski definition) is 6. The summed E-state index contributed by atoms with van der Waals surface area (Å²) in [4.78, 5) is 20.9. The van der Waals surface area contributed by atoms with Crippen molar-refractivity contribution in [3.63, 3.8) is 0 Å². The van der Waals surface area contributed by atoms with Crippen molar-refractivity contribution in [2.45, 2.75) is 17.1 Å². The lowest BCUT2D eigenvalue weighted by Gasteiger charge is -2.19. The first-order valence-electron chi connectivity index (χ1n) is 9.30. The standard InChI is InChI=1S/C20H20FN5O3S/c1-25-19(27)11-17(14-7-9-22-10-8-14)23-20(25)24-18-13-26(12-16(18)21)30(28,29)15-5-3-2-4-6-15/h2-11,16,18H,12-13H2,1H3,(H,23,24)/t16-,18+/m1/s1. The summed E-state index contributed by atoms with van der Waals surface area (Å²) in [7, 11) is -2.29. The highest BCUT2D eigenvalue weighted by Crippen LogP contribution is 2.25. The Morgan fingerprint density at radius 1 is 1.10 bits per heavy atom. The molecule has 10 heteroatoms. The number of alkyl halides is 1. The molecule has 0 radical (unpaired) electrons. The first kappa shape index (κ1) is 20.2. The van der Waals surface area contributed by atoms with Gasteiger partial charge in [0.15, 0.2) is 0 Å². The third-order valence-electron chi connectivity index (χ3n) is 5.02. The van der Waals surface area contributed by atoms with Crippen molar-refractivity contribution in [2.24, 2.45) is 7.05 Å². The molecule has 1 saturated heterocycles. The van der Waals surface area contributed by atoms with Gasteiger partial charge in [-0.25, -0.2) is 17.8 Å². The van der Waals surface area contributed by atoms with Crippen LogP contribution < -0.4 is 10.9 Å². The third-order valence-corrected chi connectivity index (χ3v) is 6.87. The molecule has 2 aromatic heterocycles. The van der Waals surface area contributed by atoms with Gasteiger partial charge in [-0.1, -0.05) is 18.2 Å². The molecule has 3 aromatic rings. The average molecular weight is 429 g/mol. The van der Waals surface area contributed by atoms with E-state index in [2.05, 4.69) is 15.3 Å². The van der Waals surface area contributed by atoms with Crippen molar-refractivity contribution >= 4 is 16.0 Å². The van der Waals surface area contributed by atoms with Crippen LogP contribution in [0.3, 0.4) is 0 Å². The summed E-state index contributed by atoms with van der Waals surface area (Å²) in [6, 6.07) is 11.9. The van der Waals surface area contributed by atoms with E-state index in [0.717, 1.165) is 4.31 Å². The molecular weight excluding hydrogens is 409 g/mol. The van der Waals surface area contributed by atoms with E-state index in [4.69, 9.17) is 0 Å². The van der Waals surface area contributed by atoms with E-state index in [1.54, 1.807) is 42.7 Å². The second-order valence-corrected chi connectivity index (χ2v) is 8.94. The Morgan fingerprint density at radius 2 is 1.80 bits per heavy atom. The first-order chi connectivity index (χ1) is 14.4. The van der Waals surface area contributed by atoms with Gasteiger partial charge in [-0.2, -0.15) is 4.31 Å². The number of nitrogens with zero attached hydrogens (tertiary/aromatic N) is 4. The van der Waals surface area contributed by atoms with E-state index in [1.807, 2.05) is 0 Å². The lowest BCUT2D eigenvalue weighted by atomic mass is 10.2. The molecule has 4 rings (SSSR count). The molecule has 1 fully saturated rings. The number of halogens is 1. The number of aromatic nitrogens is 3. The summed E-state index contributed by atoms with van der Waals surface area (Å²) < 4.78 is 42.7. The number of anilines is 1. The second-order valence-electron chi connectivity index (χ2n) is 7.00. The first-order valence-corrected chi connectivity index (χ1v) is 10.7. The molecule has 0 bridgehead atoms. The molecule has 1 aliphatic heterocycles. The molecule has 0 spiro atoms. The number of hydrogen-bond donors (Lipinski definition) is 1. The van der Waals surface area contributed by atoms with Crippen LogP contribution in [0.15, 0.2) is 70.6 Å². The Kier molecular flexibility index (Phi) is 5.35. The molecule has 0 unspecified atom stereocenters. The van der Waals surface area contributed by atoms with Crippen molar-refractivity contribution in [1.82, 2.24) is 18.8 Å². The van der Waals surface area contributed by atoms with Crippen LogP contribution in [-0.4, -0.2) is 52.6 Å². The van der Waals surface area contributed by atoms with Crippen LogP contribution in [0.1, 0.15) is 0 Å². The van der Waals surface area contributed by atoms with Crippen molar-refractivity contribution in [2.75, 3.05) is 18.4 Å². The van der Waals surface area contributed by atoms with Crippen molar-refractivity contribution < 1.29 is 12.8 Å². The van der Waals surface area contributed by atoms with Crippen LogP contribution in [-0.2, 0) is 17.1 Å². The maximum Gasteiger partial charge on any atom is 0.255 e. The van der Waals surface area contributed by atoms with Gasteiger partial charge in [0.25, 0.3) is 5.56 Å². The Morgan fingerprint density at radius 3 is 2.50 bits per heavy atom. The molecule has 0 aliphatic carbocycles. The fourth-order valence-electron chi connectivity index (χ4n) is 3.31. The molecule has 3 heterocycles. The minimum atomic E-state index is -3.81. The average Bonchev–Trinajstić information content (AvgIpc) is 3.13. The van der Waals surface area contributed by atoms with E-state index >= 15 is 0 Å². The maximum atomic E-state index is 14.7. The lowest BCUT2D eigenvalue weighted by Crippen LogP contribution is -2.34. The fourth-order valence-corrected chi connectivity index (χ4v) is 4.80. The molecule has 1 aliphatic rings. The monoisotopic (exact) mass is 429 g/mol. The normalized spacial score (nSPS) is 19.7. The van der Waals surface area contributed by atoms with E-state index in [0.29, 0.717) is 11.3 Å². The van der Waals surface area contributed by atoms with Crippen LogP contribution in [0.4, 0.5) is 10.3 Å². The number of nitrogens with one attached hydrogen (secondary N) is 1. The second kappa shape index (κ2) is 7.96. The number of sulfonamides is 1. The summed E-state index contributed by atoms with van der Waals surface area (Å²) in [6.45, 7) is -0.347. The van der Waals surface area contributed by atoms with Gasteiger partial charge in [0.05, 0.1) is 16.6 Å². The van der Waals surface area contributed by atoms with Crippen molar-refractivity contribution in [3.05, 3.63) is 71.3 Å². The smallest absolute Gasteiger partial charge is 0.255 e. The van der Waals surface area contributed by atoms with Gasteiger partial charge in [-0.15, -0.1) is 0 Å². The van der Waals surface area contributed by atoms with Gasteiger partial charge in [0.1, 0.15) is 6.17 Å². The Balaban J connectivity index is 1.59. The van der Waals surface area contributed by atoms with Gasteiger partial charge in [-0.05, 0) is 24.3 Å². The molecule has 1 N–H and O–H groups in total. The number of rotatable bonds is 5. The fraction of sp³-hybridized carbons (Fsp3) is 0.250. The quantitative estimate of drug-likeness (QED) is 0.663. The summed E-state index contributed by atoms with van der Waals surface area (Å²) in [5.41, 5.74) is 0.800. The lowest BCUT2D eigenvalue weighted by molar-refractivity contribution is 0.329. The van der Waals surface area contributed by atoms with Gasteiger partial charge in [0, 0.05) is 44.2 Å². The van der Waals surface area contributed by atoms with Crippen LogP contribution >= 0.6 is 0 Å². The van der Waals surface area contributed by atoms with E-state index in [1.165, 1.54) is 29.8 Å². The van der Waals surface area contributed by atoms with Crippen LogP contribution in [0.25, 0.3) is 11.3 Å². The Bertz CT molecular complexity index is 1200. The van der Waals surface area contributed by atoms with Gasteiger partial charge < -0.3 is 5.32 Å². The van der Waals surface area contributed by atoms with Gasteiger partial charge >= 0.3 is 0 Å². The Hall–Kier alpha value is -3.11. The molecule has 8 nitrogen and oxygen atoms in total. The minimum Gasteiger partial charge on any atom is -0.349 e. The maximum absolute atomic E-state index is 14.7. The zero-order valence-electron chi connectivity index (χ0n) is 16.1. The van der Waals surface area contributed by atoms with Crippen LogP contribution in [0.2, 0.25) is 0 Å². The number of benzene rings is 1. The number of pyridine rings is 1. The van der Waals surface area contributed by atoms with E-state index < -0.39 is 22.2 Å². The topological polar surface area (TPSA) is 97.2 Å². The molecule has 0 amide bonds. The summed E-state index contributed by atoms with van der Waals surface area (Å²) >= 11 is 0. The van der Waals surface area contributed by atoms with Gasteiger partial charge in [0.2, 0.25) is 16.0 Å². The largest absolute Gasteiger partial charge is 0.349 e.